The number of carbonyl (C=O) groups excluding carboxylic acids is 1. The molecule has 4 rings (SSSR count). The van der Waals surface area contributed by atoms with Crippen LogP contribution in [0.25, 0.3) is 15.3 Å². The summed E-state index contributed by atoms with van der Waals surface area (Å²) in [4.78, 5) is 17.8. The van der Waals surface area contributed by atoms with E-state index in [1.165, 1.54) is 25.6 Å². The molecule has 0 fully saturated rings. The Bertz CT molecular complexity index is 1380. The minimum atomic E-state index is -3.87. The third-order valence-electron chi connectivity index (χ3n) is 4.87. The second-order valence-electron chi connectivity index (χ2n) is 7.00. The third kappa shape index (κ3) is 4.19. The Morgan fingerprint density at radius 3 is 2.50 bits per heavy atom. The quantitative estimate of drug-likeness (QED) is 0.408. The van der Waals surface area contributed by atoms with Crippen molar-refractivity contribution in [2.24, 2.45) is 0 Å². The van der Waals surface area contributed by atoms with Crippen LogP contribution in [-0.4, -0.2) is 48.7 Å². The van der Waals surface area contributed by atoms with Gasteiger partial charge in [0.15, 0.2) is 16.6 Å². The molecule has 2 aromatic heterocycles. The number of thiazole rings is 1. The van der Waals surface area contributed by atoms with Crippen LogP contribution >= 0.6 is 11.3 Å². The van der Waals surface area contributed by atoms with Crippen LogP contribution in [0.15, 0.2) is 60.9 Å². The topological polar surface area (TPSA) is 90.7 Å². The molecule has 0 atom stereocenters. The molecule has 10 heteroatoms. The fourth-order valence-electron chi connectivity index (χ4n) is 3.33. The molecule has 4 aromatic rings. The van der Waals surface area contributed by atoms with Gasteiger partial charge in [-0.2, -0.15) is 0 Å². The normalized spacial score (nSPS) is 11.5. The van der Waals surface area contributed by atoms with E-state index in [1.54, 1.807) is 36.4 Å². The Morgan fingerprint density at radius 2 is 1.84 bits per heavy atom. The van der Waals surface area contributed by atoms with E-state index in [4.69, 9.17) is 9.47 Å². The van der Waals surface area contributed by atoms with E-state index in [9.17, 15) is 13.2 Å². The van der Waals surface area contributed by atoms with Gasteiger partial charge >= 0.3 is 0 Å². The van der Waals surface area contributed by atoms with Crippen LogP contribution in [0.1, 0.15) is 15.9 Å². The average Bonchev–Trinajstić information content (AvgIpc) is 3.44. The van der Waals surface area contributed by atoms with Gasteiger partial charge in [-0.15, -0.1) is 0 Å². The Balaban J connectivity index is 1.70. The Kier molecular flexibility index (Phi) is 5.90. The van der Waals surface area contributed by atoms with Gasteiger partial charge < -0.3 is 14.0 Å². The number of ether oxygens (including phenoxy) is 2. The first-order valence-corrected chi connectivity index (χ1v) is 12.2. The molecule has 0 N–H and O–H groups in total. The van der Waals surface area contributed by atoms with Crippen molar-refractivity contribution in [2.45, 2.75) is 6.54 Å². The highest BCUT2D eigenvalue weighted by atomic mass is 32.2. The van der Waals surface area contributed by atoms with Crippen molar-refractivity contribution in [3.05, 3.63) is 72.1 Å². The molecule has 166 valence electrons. The molecule has 0 aliphatic heterocycles. The van der Waals surface area contributed by atoms with Crippen LogP contribution in [0.5, 0.6) is 11.5 Å². The number of nitrogens with zero attached hydrogens (tertiary/aromatic N) is 3. The highest BCUT2D eigenvalue weighted by molar-refractivity contribution is 7.88. The van der Waals surface area contributed by atoms with Crippen molar-refractivity contribution < 1.29 is 22.7 Å². The molecule has 2 heterocycles. The monoisotopic (exact) mass is 471 g/mol. The van der Waals surface area contributed by atoms with Crippen molar-refractivity contribution in [1.82, 2.24) is 13.9 Å². The molecule has 0 bridgehead atoms. The summed E-state index contributed by atoms with van der Waals surface area (Å²) < 4.78 is 39.3. The van der Waals surface area contributed by atoms with Crippen molar-refractivity contribution in [3.8, 4) is 16.6 Å². The van der Waals surface area contributed by atoms with E-state index >= 15 is 0 Å². The molecule has 0 aliphatic carbocycles. The second-order valence-corrected chi connectivity index (χ2v) is 9.91. The summed E-state index contributed by atoms with van der Waals surface area (Å²) in [5.74, 6) is 0.204. The molecule has 1 amide bonds. The summed E-state index contributed by atoms with van der Waals surface area (Å²) in [5.41, 5.74) is 1.50. The van der Waals surface area contributed by atoms with Gasteiger partial charge in [0.1, 0.15) is 0 Å². The number of benzene rings is 2. The summed E-state index contributed by atoms with van der Waals surface area (Å²) in [6.45, 7) is -0.187. The number of hydrogen-bond donors (Lipinski definition) is 0. The van der Waals surface area contributed by atoms with Crippen molar-refractivity contribution in [1.29, 1.82) is 0 Å². The van der Waals surface area contributed by atoms with Crippen LogP contribution < -0.4 is 9.47 Å². The van der Waals surface area contributed by atoms with E-state index in [2.05, 4.69) is 4.98 Å². The number of aromatic nitrogens is 2. The van der Waals surface area contributed by atoms with Crippen LogP contribution in [0.4, 0.5) is 0 Å². The maximum absolute atomic E-state index is 13.3. The van der Waals surface area contributed by atoms with Crippen LogP contribution in [-0.2, 0) is 16.6 Å². The number of hydrogen-bond acceptors (Lipinski definition) is 7. The minimum Gasteiger partial charge on any atom is -0.493 e. The number of rotatable bonds is 7. The first-order valence-electron chi connectivity index (χ1n) is 9.57. The van der Waals surface area contributed by atoms with E-state index in [-0.39, 0.29) is 12.1 Å². The number of sulfonamides is 1. The van der Waals surface area contributed by atoms with Crippen molar-refractivity contribution >= 4 is 37.5 Å². The first kappa shape index (κ1) is 21.8. The molecule has 0 unspecified atom stereocenters. The smallest absolute Gasteiger partial charge is 0.267 e. The summed E-state index contributed by atoms with van der Waals surface area (Å²) in [5, 5.41) is 0.760. The molecule has 8 nitrogen and oxygen atoms in total. The summed E-state index contributed by atoms with van der Waals surface area (Å²) in [6.07, 6.45) is 4.78. The van der Waals surface area contributed by atoms with Gasteiger partial charge in [0.25, 0.3) is 5.91 Å². The van der Waals surface area contributed by atoms with Gasteiger partial charge in [0.05, 0.1) is 37.2 Å². The average molecular weight is 472 g/mol. The standard InChI is InChI=1S/C22H21N3O5S2/c1-29-18-8-6-7-16(20(18)30-2)14-25(32(3,27)28)21(26)15-9-10-17-19(13-15)31-22(23-17)24-11-4-5-12-24/h4-13H,14H2,1-3H3. The van der Waals surface area contributed by atoms with Crippen molar-refractivity contribution in [3.63, 3.8) is 0 Å². The van der Waals surface area contributed by atoms with Gasteiger partial charge in [-0.3, -0.25) is 4.79 Å². The molecule has 0 spiro atoms. The second kappa shape index (κ2) is 8.64. The zero-order chi connectivity index (χ0) is 22.9. The molecule has 2 aromatic carbocycles. The maximum atomic E-state index is 13.3. The SMILES string of the molecule is COc1cccc(CN(C(=O)c2ccc3nc(-n4cccc4)sc3c2)S(C)(=O)=O)c1OC. The highest BCUT2D eigenvalue weighted by Gasteiger charge is 2.27. The van der Waals surface area contributed by atoms with Gasteiger partial charge in [-0.1, -0.05) is 23.5 Å². The van der Waals surface area contributed by atoms with E-state index < -0.39 is 15.9 Å². The highest BCUT2D eigenvalue weighted by Crippen LogP contribution is 2.33. The lowest BCUT2D eigenvalue weighted by atomic mass is 10.1. The fourth-order valence-corrected chi connectivity index (χ4v) is 5.09. The molecule has 0 aliphatic rings. The molecule has 32 heavy (non-hydrogen) atoms. The summed E-state index contributed by atoms with van der Waals surface area (Å²) in [7, 11) is -0.908. The lowest BCUT2D eigenvalue weighted by Crippen LogP contribution is -2.35. The lowest BCUT2D eigenvalue weighted by molar-refractivity contribution is 0.0855. The van der Waals surface area contributed by atoms with E-state index in [1.807, 2.05) is 29.1 Å². The number of methoxy groups -OCH3 is 2. The minimum absolute atomic E-state index is 0.187. The predicted octanol–water partition coefficient (Wildman–Crippen LogP) is 3.71. The Labute approximate surface area is 189 Å². The Morgan fingerprint density at radius 1 is 1.09 bits per heavy atom. The van der Waals surface area contributed by atoms with Crippen LogP contribution in [0.3, 0.4) is 0 Å². The van der Waals surface area contributed by atoms with Gasteiger partial charge in [-0.25, -0.2) is 17.7 Å². The maximum Gasteiger partial charge on any atom is 0.267 e. The van der Waals surface area contributed by atoms with Crippen LogP contribution in [0, 0.1) is 0 Å². The molecule has 0 radical (unpaired) electrons. The number of para-hydroxylation sites is 1. The summed E-state index contributed by atoms with van der Waals surface area (Å²) >= 11 is 1.42. The van der Waals surface area contributed by atoms with Gasteiger partial charge in [0.2, 0.25) is 10.0 Å². The number of fused-ring (bicyclic) bond motifs is 1. The van der Waals surface area contributed by atoms with Gasteiger partial charge in [-0.05, 0) is 36.4 Å². The lowest BCUT2D eigenvalue weighted by Gasteiger charge is -2.22. The number of carbonyl (C=O) groups is 1. The zero-order valence-electron chi connectivity index (χ0n) is 17.7. The molecule has 0 saturated carbocycles. The number of amides is 1. The first-order chi connectivity index (χ1) is 15.3. The zero-order valence-corrected chi connectivity index (χ0v) is 19.3. The predicted molar refractivity (Wildman–Crippen MR) is 123 cm³/mol. The van der Waals surface area contributed by atoms with E-state index in [0.717, 1.165) is 25.9 Å². The van der Waals surface area contributed by atoms with Crippen LogP contribution in [0.2, 0.25) is 0 Å². The van der Waals surface area contributed by atoms with Gasteiger partial charge in [0, 0.05) is 23.5 Å². The molecular weight excluding hydrogens is 450 g/mol. The fraction of sp³-hybridized carbons (Fsp3) is 0.182. The largest absolute Gasteiger partial charge is 0.493 e. The Hall–Kier alpha value is -3.37. The third-order valence-corrected chi connectivity index (χ3v) is 7.00. The van der Waals surface area contributed by atoms with E-state index in [0.29, 0.717) is 17.1 Å². The summed E-state index contributed by atoms with van der Waals surface area (Å²) in [6, 6.07) is 13.9. The molecule has 0 saturated heterocycles. The van der Waals surface area contributed by atoms with Crippen molar-refractivity contribution in [2.75, 3.05) is 20.5 Å². The molecular formula is C22H21N3O5S2.